The number of aliphatic hydroxyl groups is 1. The van der Waals surface area contributed by atoms with Crippen molar-refractivity contribution in [3.05, 3.63) is 30.1 Å². The van der Waals surface area contributed by atoms with Gasteiger partial charge in [0.2, 0.25) is 0 Å². The third-order valence-corrected chi connectivity index (χ3v) is 4.38. The van der Waals surface area contributed by atoms with Gasteiger partial charge in [0.1, 0.15) is 6.10 Å². The van der Waals surface area contributed by atoms with Crippen molar-refractivity contribution in [1.29, 1.82) is 0 Å². The lowest BCUT2D eigenvalue weighted by molar-refractivity contribution is -0.765. The fourth-order valence-electron chi connectivity index (χ4n) is 2.55. The van der Waals surface area contributed by atoms with E-state index in [-0.39, 0.29) is 12.5 Å². The van der Waals surface area contributed by atoms with E-state index in [1.807, 2.05) is 36.0 Å². The Balaban J connectivity index is 2.12. The van der Waals surface area contributed by atoms with Crippen LogP contribution in [0, 0.1) is 5.92 Å². The Morgan fingerprint density at radius 1 is 1.45 bits per heavy atom. The van der Waals surface area contributed by atoms with Gasteiger partial charge in [-0.2, -0.15) is 4.57 Å². The zero-order chi connectivity index (χ0) is 16.5. The summed E-state index contributed by atoms with van der Waals surface area (Å²) in [6.07, 6.45) is 1.78. The summed E-state index contributed by atoms with van der Waals surface area (Å²) in [4.78, 5) is 17.5. The predicted octanol–water partition coefficient (Wildman–Crippen LogP) is 1.10. The van der Waals surface area contributed by atoms with Gasteiger partial charge in [-0.1, -0.05) is 20.8 Å². The molecule has 0 spiro atoms. The van der Waals surface area contributed by atoms with Gasteiger partial charge in [0.15, 0.2) is 12.4 Å². The van der Waals surface area contributed by atoms with E-state index >= 15 is 0 Å². The topological polar surface area (TPSA) is 100 Å². The first-order valence-electron chi connectivity index (χ1n) is 7.23. The molecule has 1 aliphatic rings. The van der Waals surface area contributed by atoms with Crippen molar-refractivity contribution in [3.8, 4) is 0 Å². The summed E-state index contributed by atoms with van der Waals surface area (Å²) >= 11 is 0. The maximum absolute atomic E-state index is 10.8. The van der Waals surface area contributed by atoms with Crippen LogP contribution in [0.4, 0.5) is 0 Å². The Hall–Kier alpha value is -0.820. The Labute approximate surface area is 129 Å². The van der Waals surface area contributed by atoms with Crippen LogP contribution in [0.1, 0.15) is 38.5 Å². The summed E-state index contributed by atoms with van der Waals surface area (Å²) in [6, 6.07) is 3.93. The molecule has 1 saturated heterocycles. The van der Waals surface area contributed by atoms with Crippen LogP contribution in [0.25, 0.3) is 0 Å². The van der Waals surface area contributed by atoms with Crippen molar-refractivity contribution in [3.63, 3.8) is 0 Å². The highest BCUT2D eigenvalue weighted by Gasteiger charge is 2.47. The van der Waals surface area contributed by atoms with Crippen LogP contribution in [0.5, 0.6) is 0 Å². The van der Waals surface area contributed by atoms with Crippen LogP contribution in [-0.2, 0) is 13.8 Å². The van der Waals surface area contributed by atoms with E-state index in [9.17, 15) is 9.67 Å². The Morgan fingerprint density at radius 3 is 2.73 bits per heavy atom. The highest BCUT2D eigenvalue weighted by atomic mass is 31.2. The average molecular weight is 332 g/mol. The highest BCUT2D eigenvalue weighted by molar-refractivity contribution is 7.46. The number of hydrogen-bond donors (Lipinski definition) is 3. The zero-order valence-corrected chi connectivity index (χ0v) is 13.8. The van der Waals surface area contributed by atoms with Gasteiger partial charge in [0.25, 0.3) is 6.23 Å². The number of pyridine rings is 1. The monoisotopic (exact) mass is 332 g/mol. The van der Waals surface area contributed by atoms with Crippen molar-refractivity contribution < 1.29 is 33.3 Å². The van der Waals surface area contributed by atoms with Gasteiger partial charge in [0, 0.05) is 11.6 Å². The Kier molecular flexibility index (Phi) is 5.37. The van der Waals surface area contributed by atoms with Gasteiger partial charge >= 0.3 is 7.82 Å². The average Bonchev–Trinajstić information content (AvgIpc) is 2.72. The van der Waals surface area contributed by atoms with Gasteiger partial charge in [-0.15, -0.1) is 0 Å². The third-order valence-electron chi connectivity index (χ3n) is 3.90. The number of ether oxygens (including phenoxy) is 1. The molecule has 1 aromatic heterocycles. The van der Waals surface area contributed by atoms with E-state index in [2.05, 4.69) is 18.4 Å². The molecule has 1 aromatic rings. The third kappa shape index (κ3) is 4.13. The van der Waals surface area contributed by atoms with E-state index in [1.165, 1.54) is 0 Å². The first kappa shape index (κ1) is 17.5. The minimum absolute atomic E-state index is 0.224. The van der Waals surface area contributed by atoms with Crippen molar-refractivity contribution >= 4 is 7.82 Å². The molecule has 2 heterocycles. The largest absolute Gasteiger partial charge is 0.469 e. The predicted molar refractivity (Wildman–Crippen MR) is 77.8 cm³/mol. The van der Waals surface area contributed by atoms with E-state index in [1.54, 1.807) is 0 Å². The maximum Gasteiger partial charge on any atom is 0.469 e. The van der Waals surface area contributed by atoms with Crippen molar-refractivity contribution in [1.82, 2.24) is 0 Å². The molecule has 0 saturated carbocycles. The summed E-state index contributed by atoms with van der Waals surface area (Å²) < 4.78 is 22.9. The van der Waals surface area contributed by atoms with E-state index in [0.29, 0.717) is 5.92 Å². The molecule has 0 amide bonds. The molecular weight excluding hydrogens is 309 g/mol. The normalized spacial score (nSPS) is 29.2. The lowest BCUT2D eigenvalue weighted by atomic mass is 10.0. The molecule has 124 valence electrons. The first-order chi connectivity index (χ1) is 10.2. The minimum Gasteiger partial charge on any atom is -0.390 e. The number of nitrogens with zero attached hydrogens (tertiary/aromatic N) is 1. The van der Waals surface area contributed by atoms with Crippen LogP contribution < -0.4 is 4.57 Å². The van der Waals surface area contributed by atoms with Crippen molar-refractivity contribution in [2.45, 2.75) is 45.1 Å². The molecule has 0 radical (unpaired) electrons. The first-order valence-corrected chi connectivity index (χ1v) is 8.76. The van der Waals surface area contributed by atoms with E-state index in [0.717, 1.165) is 5.56 Å². The Bertz CT molecular complexity index is 560. The summed E-state index contributed by atoms with van der Waals surface area (Å²) in [5, 5.41) is 10.2. The van der Waals surface area contributed by atoms with Crippen molar-refractivity contribution in [2.75, 3.05) is 6.61 Å². The minimum atomic E-state index is -4.57. The number of aromatic nitrogens is 1. The maximum atomic E-state index is 10.8. The van der Waals surface area contributed by atoms with Gasteiger partial charge in [-0.05, 0) is 12.0 Å². The van der Waals surface area contributed by atoms with Gasteiger partial charge < -0.3 is 19.6 Å². The second-order valence-corrected chi connectivity index (χ2v) is 7.18. The fourth-order valence-corrected chi connectivity index (χ4v) is 2.89. The number of aliphatic hydroxyl groups excluding tert-OH is 1. The molecule has 22 heavy (non-hydrogen) atoms. The quantitative estimate of drug-likeness (QED) is 0.551. The smallest absolute Gasteiger partial charge is 0.390 e. The van der Waals surface area contributed by atoms with Crippen LogP contribution in [-0.4, -0.2) is 33.7 Å². The number of hydrogen-bond acceptors (Lipinski definition) is 4. The van der Waals surface area contributed by atoms with Crippen molar-refractivity contribution in [2.24, 2.45) is 5.92 Å². The lowest BCUT2D eigenvalue weighted by Crippen LogP contribution is -2.42. The number of phosphoric ester groups is 1. The molecule has 8 heteroatoms. The highest BCUT2D eigenvalue weighted by Crippen LogP contribution is 2.38. The second kappa shape index (κ2) is 6.74. The number of rotatable bonds is 5. The number of phosphoric acid groups is 1. The molecule has 0 bridgehead atoms. The van der Waals surface area contributed by atoms with Crippen LogP contribution in [0.3, 0.4) is 0 Å². The molecular formula is C14H23NO6P+. The van der Waals surface area contributed by atoms with Gasteiger partial charge in [-0.25, -0.2) is 4.57 Å². The Morgan fingerprint density at radius 2 is 2.14 bits per heavy atom. The molecule has 4 unspecified atom stereocenters. The van der Waals surface area contributed by atoms with Crippen LogP contribution >= 0.6 is 7.82 Å². The van der Waals surface area contributed by atoms with Gasteiger partial charge in [-0.3, -0.25) is 4.52 Å². The van der Waals surface area contributed by atoms with Crippen LogP contribution in [0.15, 0.2) is 24.5 Å². The molecule has 0 aromatic carbocycles. The molecule has 3 N–H and O–H groups in total. The van der Waals surface area contributed by atoms with Gasteiger partial charge in [0.05, 0.1) is 18.6 Å². The molecule has 1 fully saturated rings. The summed E-state index contributed by atoms with van der Waals surface area (Å²) in [6.45, 7) is 5.66. The zero-order valence-electron chi connectivity index (χ0n) is 12.9. The molecule has 0 aliphatic carbocycles. The second-order valence-electron chi connectivity index (χ2n) is 5.94. The summed E-state index contributed by atoms with van der Waals surface area (Å²) in [5.41, 5.74) is 1.14. The fraction of sp³-hybridized carbons (Fsp3) is 0.643. The lowest BCUT2D eigenvalue weighted by Gasteiger charge is -2.14. The SMILES string of the molecule is CC(C)c1ccc[n+](C2OC(COP(=O)(O)O)C(O)C2C)c1. The van der Waals surface area contributed by atoms with E-state index in [4.69, 9.17) is 14.5 Å². The summed E-state index contributed by atoms with van der Waals surface area (Å²) in [7, 11) is -4.57. The molecule has 1 aliphatic heterocycles. The molecule has 2 rings (SSSR count). The van der Waals surface area contributed by atoms with E-state index < -0.39 is 26.3 Å². The standard InChI is InChI=1S/C14H22NO6P/c1-9(2)11-5-4-6-15(7-11)14-10(3)13(16)12(21-14)8-20-22(17,18)19/h4-7,9-10,12-14,16H,8H2,1-3H3,(H-,17,18,19)/p+1. The van der Waals surface area contributed by atoms with Crippen LogP contribution in [0.2, 0.25) is 0 Å². The summed E-state index contributed by atoms with van der Waals surface area (Å²) in [5.74, 6) is 0.139. The molecule has 4 atom stereocenters. The molecule has 7 nitrogen and oxygen atoms in total.